The first-order valence-corrected chi connectivity index (χ1v) is 16.2. The molecule has 0 aromatic heterocycles. The van der Waals surface area contributed by atoms with Gasteiger partial charge in [0.25, 0.3) is 5.91 Å². The van der Waals surface area contributed by atoms with E-state index in [1.165, 1.54) is 4.90 Å². The quantitative estimate of drug-likeness (QED) is 0.188. The number of hydrogen-bond donors (Lipinski definition) is 2. The summed E-state index contributed by atoms with van der Waals surface area (Å²) < 4.78 is 12.3. The molecule has 1 unspecified atom stereocenters. The van der Waals surface area contributed by atoms with Crippen molar-refractivity contribution in [1.82, 2.24) is 10.2 Å². The van der Waals surface area contributed by atoms with Crippen molar-refractivity contribution < 1.29 is 33.8 Å². The number of esters is 1. The molecular weight excluding hydrogens is 642 g/mol. The molecule has 0 radical (unpaired) electrons. The van der Waals surface area contributed by atoms with E-state index in [9.17, 15) is 24.3 Å². The van der Waals surface area contributed by atoms with E-state index in [0.717, 1.165) is 10.8 Å². The molecule has 3 heterocycles. The maximum absolute atomic E-state index is 14.7. The molecule has 2 N–H and O–H groups in total. The van der Waals surface area contributed by atoms with Crippen molar-refractivity contribution in [3.05, 3.63) is 67.8 Å². The summed E-state index contributed by atoms with van der Waals surface area (Å²) in [5, 5.41) is 14.9. The molecule has 2 aromatic carbocycles. The Hall–Kier alpha value is -3.54. The molecule has 5 rings (SSSR count). The Balaban J connectivity index is 1.46. The van der Waals surface area contributed by atoms with Crippen LogP contribution >= 0.6 is 15.9 Å². The lowest BCUT2D eigenvalue weighted by Gasteiger charge is -2.38. The van der Waals surface area contributed by atoms with Gasteiger partial charge >= 0.3 is 5.97 Å². The van der Waals surface area contributed by atoms with Gasteiger partial charge in [0.1, 0.15) is 17.7 Å². The number of alkyl halides is 1. The minimum atomic E-state index is -1.32. The number of ether oxygens (including phenoxy) is 2. The Morgan fingerprint density at radius 2 is 1.93 bits per heavy atom. The number of hydrogen-bond acceptors (Lipinski definition) is 7. The molecule has 3 aliphatic rings. The number of allylic oxidation sites excluding steroid dienone is 1. The predicted molar refractivity (Wildman–Crippen MR) is 174 cm³/mol. The summed E-state index contributed by atoms with van der Waals surface area (Å²) >= 11 is 3.67. The van der Waals surface area contributed by atoms with Crippen molar-refractivity contribution in [2.45, 2.75) is 67.8 Å². The monoisotopic (exact) mass is 681 g/mol. The number of aliphatic hydroxyl groups excluding tert-OH is 1. The van der Waals surface area contributed by atoms with Crippen LogP contribution in [-0.2, 0) is 28.7 Å². The van der Waals surface area contributed by atoms with E-state index in [1.54, 1.807) is 30.9 Å². The van der Waals surface area contributed by atoms with Crippen LogP contribution in [0, 0.1) is 11.8 Å². The van der Waals surface area contributed by atoms with Crippen LogP contribution in [0.15, 0.2) is 67.8 Å². The van der Waals surface area contributed by atoms with Crippen molar-refractivity contribution >= 4 is 56.1 Å². The molecule has 3 saturated heterocycles. The molecule has 0 saturated carbocycles. The molecule has 2 bridgehead atoms. The largest absolute Gasteiger partial charge is 0.460 e. The van der Waals surface area contributed by atoms with Gasteiger partial charge in [-0.05, 0) is 49.6 Å². The summed E-state index contributed by atoms with van der Waals surface area (Å²) in [6.07, 6.45) is 3.05. The van der Waals surface area contributed by atoms with Crippen LogP contribution in [-0.4, -0.2) is 88.1 Å². The highest BCUT2D eigenvalue weighted by Gasteiger charge is 2.77. The van der Waals surface area contributed by atoms with Gasteiger partial charge in [0.15, 0.2) is 0 Å². The van der Waals surface area contributed by atoms with Crippen molar-refractivity contribution in [1.29, 1.82) is 0 Å². The molecule has 10 nitrogen and oxygen atoms in total. The second-order valence-corrected chi connectivity index (χ2v) is 13.3. The molecule has 0 aliphatic carbocycles. The Morgan fingerprint density at radius 3 is 2.62 bits per heavy atom. The molecule has 2 aromatic rings. The Kier molecular flexibility index (Phi) is 9.81. The van der Waals surface area contributed by atoms with Crippen LogP contribution in [0.4, 0.5) is 5.69 Å². The number of nitrogens with one attached hydrogen (secondary N) is 1. The summed E-state index contributed by atoms with van der Waals surface area (Å²) in [5.41, 5.74) is -0.691. The number of aliphatic hydroxyl groups is 1. The molecule has 3 aliphatic heterocycles. The third kappa shape index (κ3) is 5.93. The van der Waals surface area contributed by atoms with Crippen molar-refractivity contribution in [3.8, 4) is 0 Å². The van der Waals surface area contributed by atoms with E-state index in [2.05, 4.69) is 34.4 Å². The van der Waals surface area contributed by atoms with E-state index in [1.807, 2.05) is 42.5 Å². The SMILES string of the molecule is C=CCCC(=O)NC[C@@H](C)OC(=O)[C@H]1[C@@H]2O[C@@]3(CC2Br)[C@@H]1C(=O)N([C@H](C)CO)[C@@H]3C(=O)N(CC=C)c1ccc2ccccc2c1. The molecule has 1 spiro atoms. The van der Waals surface area contributed by atoms with Gasteiger partial charge in [0.05, 0.1) is 37.1 Å². The number of halogens is 1. The van der Waals surface area contributed by atoms with Crippen LogP contribution < -0.4 is 10.2 Å². The van der Waals surface area contributed by atoms with Gasteiger partial charge in [-0.1, -0.05) is 58.4 Å². The number of nitrogens with zero attached hydrogens (tertiary/aromatic N) is 2. The maximum atomic E-state index is 14.7. The van der Waals surface area contributed by atoms with Gasteiger partial charge < -0.3 is 29.7 Å². The summed E-state index contributed by atoms with van der Waals surface area (Å²) in [7, 11) is 0. The van der Waals surface area contributed by atoms with Gasteiger partial charge in [-0.25, -0.2) is 0 Å². The molecule has 3 amide bonds. The third-order valence-electron chi connectivity index (χ3n) is 9.07. The average Bonchev–Trinajstić information content (AvgIpc) is 3.63. The van der Waals surface area contributed by atoms with Gasteiger partial charge in [-0.2, -0.15) is 0 Å². The summed E-state index contributed by atoms with van der Waals surface area (Å²) in [5.74, 6) is -3.58. The summed E-state index contributed by atoms with van der Waals surface area (Å²) in [6.45, 7) is 10.7. The lowest BCUT2D eigenvalue weighted by Crippen LogP contribution is -2.58. The minimum Gasteiger partial charge on any atom is -0.460 e. The fourth-order valence-electron chi connectivity index (χ4n) is 7.02. The highest BCUT2D eigenvalue weighted by Crippen LogP contribution is 2.60. The van der Waals surface area contributed by atoms with Crippen molar-refractivity contribution in [2.24, 2.45) is 11.8 Å². The van der Waals surface area contributed by atoms with Crippen molar-refractivity contribution in [3.63, 3.8) is 0 Å². The smallest absolute Gasteiger partial charge is 0.312 e. The topological polar surface area (TPSA) is 125 Å². The Bertz CT molecular complexity index is 1500. The zero-order valence-corrected chi connectivity index (χ0v) is 27.1. The first-order chi connectivity index (χ1) is 21.6. The number of fused-ring (bicyclic) bond motifs is 2. The summed E-state index contributed by atoms with van der Waals surface area (Å²) in [4.78, 5) is 57.4. The number of carbonyl (C=O) groups is 4. The van der Waals surface area contributed by atoms with E-state index in [4.69, 9.17) is 9.47 Å². The molecule has 45 heavy (non-hydrogen) atoms. The first kappa shape index (κ1) is 32.8. The van der Waals surface area contributed by atoms with Crippen LogP contribution in [0.1, 0.15) is 33.1 Å². The predicted octanol–water partition coefficient (Wildman–Crippen LogP) is 3.50. The van der Waals surface area contributed by atoms with Gasteiger partial charge in [-0.15, -0.1) is 13.2 Å². The van der Waals surface area contributed by atoms with Gasteiger partial charge in [0, 0.05) is 23.5 Å². The minimum absolute atomic E-state index is 0.110. The number of anilines is 1. The standard InChI is InChI=1S/C34H40BrN3O7/c1-5-7-12-26(40)36-18-21(4)44-33(43)27-28-31(41)38(20(3)19-39)30(34(28)17-25(35)29(27)45-34)32(42)37(15-6-2)24-14-13-22-10-8-9-11-23(22)16-24/h5-6,8-11,13-14,16,20-21,25,27-30,39H,1-2,7,12,15,17-19H2,3-4H3,(H,36,40)/t20-,21-,25?,27-,28+,29-,30-,34+/m1/s1. The second-order valence-electron chi connectivity index (χ2n) is 12.1. The van der Waals surface area contributed by atoms with Crippen LogP contribution in [0.2, 0.25) is 0 Å². The number of rotatable bonds is 13. The molecular formula is C34H40BrN3O7. The Morgan fingerprint density at radius 1 is 1.20 bits per heavy atom. The number of likely N-dealkylation sites (tertiary alicyclic amines) is 1. The van der Waals surface area contributed by atoms with Crippen LogP contribution in [0.25, 0.3) is 10.8 Å². The molecule has 8 atom stereocenters. The third-order valence-corrected chi connectivity index (χ3v) is 9.92. The molecule has 11 heteroatoms. The van der Waals surface area contributed by atoms with Crippen LogP contribution in [0.5, 0.6) is 0 Å². The van der Waals surface area contributed by atoms with E-state index < -0.39 is 53.6 Å². The lowest BCUT2D eigenvalue weighted by atomic mass is 9.70. The average molecular weight is 683 g/mol. The van der Waals surface area contributed by atoms with Gasteiger partial charge in [-0.3, -0.25) is 19.2 Å². The number of carbonyl (C=O) groups excluding carboxylic acids is 4. The maximum Gasteiger partial charge on any atom is 0.312 e. The van der Waals surface area contributed by atoms with Crippen molar-refractivity contribution in [2.75, 3.05) is 24.6 Å². The lowest BCUT2D eigenvalue weighted by molar-refractivity contribution is -0.159. The highest BCUT2D eigenvalue weighted by molar-refractivity contribution is 9.09. The highest BCUT2D eigenvalue weighted by atomic mass is 79.9. The fraction of sp³-hybridized carbons (Fsp3) is 0.471. The molecule has 240 valence electrons. The number of benzene rings is 2. The zero-order chi connectivity index (χ0) is 32.5. The van der Waals surface area contributed by atoms with Gasteiger partial charge in [0.2, 0.25) is 11.8 Å². The van der Waals surface area contributed by atoms with E-state index >= 15 is 0 Å². The fourth-order valence-corrected chi connectivity index (χ4v) is 7.96. The van der Waals surface area contributed by atoms with E-state index in [-0.39, 0.29) is 42.8 Å². The van der Waals surface area contributed by atoms with Crippen LogP contribution in [0.3, 0.4) is 0 Å². The zero-order valence-electron chi connectivity index (χ0n) is 25.6. The Labute approximate surface area is 271 Å². The summed E-state index contributed by atoms with van der Waals surface area (Å²) in [6, 6.07) is 11.7. The first-order valence-electron chi connectivity index (χ1n) is 15.3. The normalized spacial score (nSPS) is 28.0. The van der Waals surface area contributed by atoms with E-state index in [0.29, 0.717) is 18.5 Å². The number of amides is 3. The molecule has 3 fully saturated rings. The second kappa shape index (κ2) is 13.4.